The maximum absolute atomic E-state index is 9.82. The van der Waals surface area contributed by atoms with Gasteiger partial charge in [0.1, 0.15) is 0 Å². The number of nitrogens with two attached hydrogens (primary N) is 1. The zero-order chi connectivity index (χ0) is 7.15. The molecule has 45 valence electrons. The smallest absolute Gasteiger partial charge is 0.316 e. The topological polar surface area (TPSA) is 43.1 Å². The highest BCUT2D eigenvalue weighted by Gasteiger charge is 1.86. The van der Waals surface area contributed by atoms with E-state index in [9.17, 15) is 8.90 Å². The molecular weight excluding hydrogens is 125 g/mol. The van der Waals surface area contributed by atoms with E-state index in [1.807, 2.05) is 0 Å². The van der Waals surface area contributed by atoms with Crippen molar-refractivity contribution in [1.82, 2.24) is 0 Å². The third-order valence-electron chi connectivity index (χ3n) is 0.421. The van der Waals surface area contributed by atoms with Gasteiger partial charge in [-0.1, -0.05) is 6.58 Å². The average molecular weight is 132 g/mol. The molecule has 0 atom stereocenters. The lowest BCUT2D eigenvalue weighted by atomic mass is 10.3. The van der Waals surface area contributed by atoms with E-state index in [2.05, 4.69) is 6.58 Å². The highest BCUT2D eigenvalue weighted by molar-refractivity contribution is 5.96. The Morgan fingerprint density at radius 2 is 1.88 bits per heavy atom. The summed E-state index contributed by atoms with van der Waals surface area (Å²) >= 11 is 0. The van der Waals surface area contributed by atoms with Crippen molar-refractivity contribution < 1.29 is 8.90 Å². The van der Waals surface area contributed by atoms with Gasteiger partial charge in [0.15, 0.2) is 0 Å². The molecule has 0 rings (SSSR count). The molecule has 0 saturated carbocycles. The van der Waals surface area contributed by atoms with E-state index >= 15 is 0 Å². The molecule has 4 heteroatoms. The largest absolute Gasteiger partial charge is 0.366 e. The minimum absolute atomic E-state index is 0.398. The van der Waals surface area contributed by atoms with Crippen molar-refractivity contribution in [1.29, 1.82) is 0 Å². The summed E-state index contributed by atoms with van der Waals surface area (Å²) in [6.07, 6.45) is 0. The Kier molecular flexibility index (Phi) is 8.23. The van der Waals surface area contributed by atoms with Crippen molar-refractivity contribution in [2.24, 2.45) is 5.73 Å². The second-order valence-electron chi connectivity index (χ2n) is 1.14. The second-order valence-corrected chi connectivity index (χ2v) is 1.14. The Morgan fingerprint density at radius 3 is 1.88 bits per heavy atom. The van der Waals surface area contributed by atoms with E-state index < -0.39 is 5.91 Å². The Bertz CT molecular complexity index is 82.0. The summed E-state index contributed by atoms with van der Waals surface area (Å²) in [4.78, 5) is 9.82. The van der Waals surface area contributed by atoms with E-state index in [4.69, 9.17) is 5.73 Å². The first-order chi connectivity index (χ1) is 3.64. The predicted molar refractivity (Wildman–Crippen MR) is 30.9 cm³/mol. The Labute approximate surface area is 51.2 Å². The number of hydrogen-bond acceptors (Lipinski definition) is 1. The Morgan fingerprint density at radius 1 is 1.75 bits per heavy atom. The molecule has 0 spiro atoms. The molecule has 3 radical (unpaired) electrons. The molecule has 0 aromatic rings. The molecule has 1 amide bonds. The summed E-state index contributed by atoms with van der Waals surface area (Å²) in [5, 5.41) is 0. The molecule has 0 aromatic heterocycles. The van der Waals surface area contributed by atoms with Crippen LogP contribution in [0, 0.1) is 0 Å². The van der Waals surface area contributed by atoms with Crippen LogP contribution in [0.3, 0.4) is 0 Å². The average Bonchev–Trinajstić information content (AvgIpc) is 1.72. The maximum atomic E-state index is 9.82. The quantitative estimate of drug-likeness (QED) is 0.306. The van der Waals surface area contributed by atoms with E-state index in [1.165, 1.54) is 10.6 Å². The molecule has 0 aromatic carbocycles. The molecule has 0 aliphatic rings. The molecule has 2 N–H and O–H groups in total. The van der Waals surface area contributed by atoms with Crippen molar-refractivity contribution in [3.8, 4) is 0 Å². The monoisotopic (exact) mass is 132 g/mol. The van der Waals surface area contributed by atoms with Crippen molar-refractivity contribution in [3.05, 3.63) is 12.2 Å². The van der Waals surface area contributed by atoms with Crippen molar-refractivity contribution >= 4 is 16.5 Å². The highest BCUT2D eigenvalue weighted by atomic mass is 28.2. The zero-order valence-electron chi connectivity index (χ0n) is 4.57. The summed E-state index contributed by atoms with van der Waals surface area (Å²) in [6.45, 7) is 4.85. The van der Waals surface area contributed by atoms with Crippen LogP contribution in [-0.4, -0.2) is 16.5 Å². The number of primary amides is 1. The van der Waals surface area contributed by atoms with Crippen LogP contribution in [0.25, 0.3) is 0 Å². The van der Waals surface area contributed by atoms with E-state index in [0.29, 0.717) is 5.57 Å². The molecule has 0 saturated heterocycles. The number of carbonyl (C=O) groups excluding carboxylic acids is 1. The van der Waals surface area contributed by atoms with Gasteiger partial charge in [0.2, 0.25) is 5.91 Å². The summed E-state index contributed by atoms with van der Waals surface area (Å²) in [5.74, 6) is -0.435. The van der Waals surface area contributed by atoms with Gasteiger partial charge >= 0.3 is 10.6 Å². The molecule has 0 aliphatic carbocycles. The molecule has 8 heavy (non-hydrogen) atoms. The standard InChI is InChI=1S/C4H7NO.FSi/c1-3(2)4(5)6;1-2/h1H2,2H3,(H2,5,6);. The molecule has 0 aliphatic heterocycles. The van der Waals surface area contributed by atoms with Gasteiger partial charge in [-0.25, -0.2) is 0 Å². The summed E-state index contributed by atoms with van der Waals surface area (Å²) in [7, 11) is 1.47. The first-order valence-corrected chi connectivity index (χ1v) is 2.16. The maximum Gasteiger partial charge on any atom is 0.316 e. The Hall–Kier alpha value is -0.643. The number of halogens is 1. The number of carbonyl (C=O) groups is 1. The molecule has 0 heterocycles. The van der Waals surface area contributed by atoms with Crippen LogP contribution in [0.15, 0.2) is 12.2 Å². The van der Waals surface area contributed by atoms with Gasteiger partial charge < -0.3 is 9.84 Å². The summed E-state index contributed by atoms with van der Waals surface area (Å²) < 4.78 is 9.31. The zero-order valence-corrected chi connectivity index (χ0v) is 5.57. The van der Waals surface area contributed by atoms with Gasteiger partial charge in [-0.15, -0.1) is 0 Å². The van der Waals surface area contributed by atoms with E-state index in [0.717, 1.165) is 0 Å². The minimum atomic E-state index is -0.435. The highest BCUT2D eigenvalue weighted by Crippen LogP contribution is 1.78. The van der Waals surface area contributed by atoms with Crippen LogP contribution >= 0.6 is 0 Å². The Balaban J connectivity index is 0. The lowest BCUT2D eigenvalue weighted by molar-refractivity contribution is -0.114. The fourth-order valence-electron chi connectivity index (χ4n) is 0. The van der Waals surface area contributed by atoms with E-state index in [-0.39, 0.29) is 0 Å². The van der Waals surface area contributed by atoms with Crippen molar-refractivity contribution in [3.63, 3.8) is 0 Å². The molecule has 2 nitrogen and oxygen atoms in total. The number of amides is 1. The van der Waals surface area contributed by atoms with Gasteiger partial charge in [0.25, 0.3) is 0 Å². The summed E-state index contributed by atoms with van der Waals surface area (Å²) in [5.41, 5.74) is 5.09. The third-order valence-corrected chi connectivity index (χ3v) is 0.421. The predicted octanol–water partition coefficient (Wildman–Crippen LogP) is 0.0872. The number of rotatable bonds is 1. The summed E-state index contributed by atoms with van der Waals surface area (Å²) in [6, 6.07) is 0. The molecule has 0 fully saturated rings. The van der Waals surface area contributed by atoms with Gasteiger partial charge in [-0.2, -0.15) is 0 Å². The fraction of sp³-hybridized carbons (Fsp3) is 0.250. The van der Waals surface area contributed by atoms with Gasteiger partial charge in [-0.3, -0.25) is 4.79 Å². The molecule has 0 bridgehead atoms. The lowest BCUT2D eigenvalue weighted by Gasteiger charge is -1.81. The van der Waals surface area contributed by atoms with Crippen LogP contribution in [0.5, 0.6) is 0 Å². The number of hydrogen-bond donors (Lipinski definition) is 1. The molecule has 0 unspecified atom stereocenters. The van der Waals surface area contributed by atoms with Gasteiger partial charge in [0, 0.05) is 5.57 Å². The third kappa shape index (κ3) is 9.02. The van der Waals surface area contributed by atoms with Gasteiger partial charge in [0.05, 0.1) is 0 Å². The van der Waals surface area contributed by atoms with Crippen LogP contribution in [0.2, 0.25) is 0 Å². The van der Waals surface area contributed by atoms with Crippen molar-refractivity contribution in [2.75, 3.05) is 0 Å². The van der Waals surface area contributed by atoms with Crippen molar-refractivity contribution in [2.45, 2.75) is 6.92 Å². The lowest BCUT2D eigenvalue weighted by Crippen LogP contribution is -2.10. The van der Waals surface area contributed by atoms with Crippen LogP contribution in [-0.2, 0) is 4.79 Å². The van der Waals surface area contributed by atoms with Crippen LogP contribution < -0.4 is 5.73 Å². The normalized spacial score (nSPS) is 6.38. The molecular formula is C4H7FNOSi. The first kappa shape index (κ1) is 10.4. The minimum Gasteiger partial charge on any atom is -0.366 e. The second kappa shape index (κ2) is 6.36. The SMILES string of the molecule is C=C(C)C(N)=O.F[Si]. The first-order valence-electron chi connectivity index (χ1n) is 1.79. The fourth-order valence-corrected chi connectivity index (χ4v) is 0. The van der Waals surface area contributed by atoms with Gasteiger partial charge in [-0.05, 0) is 6.92 Å². The van der Waals surface area contributed by atoms with Crippen LogP contribution in [0.1, 0.15) is 6.92 Å². The van der Waals surface area contributed by atoms with Crippen LogP contribution in [0.4, 0.5) is 4.11 Å². The van der Waals surface area contributed by atoms with E-state index in [1.54, 1.807) is 6.92 Å².